The average molecular weight is 337 g/mol. The predicted octanol–water partition coefficient (Wildman–Crippen LogP) is 3.09. The highest BCUT2D eigenvalue weighted by atomic mass is 35.5. The lowest BCUT2D eigenvalue weighted by molar-refractivity contribution is 0.0388. The number of primary amides is 1. The average Bonchev–Trinajstić information content (AvgIpc) is 3.10. The van der Waals surface area contributed by atoms with Crippen molar-refractivity contribution >= 4 is 34.6 Å². The number of amides is 2. The number of carbonyl (C=O) groups excluding carboxylic acids is 2. The van der Waals surface area contributed by atoms with Crippen LogP contribution in [0.1, 0.15) is 29.0 Å². The minimum absolute atomic E-state index is 0.110. The van der Waals surface area contributed by atoms with E-state index < -0.39 is 12.0 Å². The van der Waals surface area contributed by atoms with Gasteiger partial charge in [-0.3, -0.25) is 0 Å². The molecule has 23 heavy (non-hydrogen) atoms. The molecule has 0 spiro atoms. The molecular weight excluding hydrogens is 320 g/mol. The van der Waals surface area contributed by atoms with Crippen LogP contribution in [0.15, 0.2) is 22.6 Å². The molecule has 2 heterocycles. The second-order valence-corrected chi connectivity index (χ2v) is 6.06. The summed E-state index contributed by atoms with van der Waals surface area (Å²) in [5.74, 6) is -0.392. The summed E-state index contributed by atoms with van der Waals surface area (Å²) in [4.78, 5) is 25.1. The summed E-state index contributed by atoms with van der Waals surface area (Å²) >= 11 is 5.97. The van der Waals surface area contributed by atoms with Crippen molar-refractivity contribution in [2.75, 3.05) is 13.2 Å². The summed E-state index contributed by atoms with van der Waals surface area (Å²) < 4.78 is 10.9. The number of aryl methyl sites for hydroxylation is 1. The number of halogens is 1. The van der Waals surface area contributed by atoms with Gasteiger partial charge in [0.2, 0.25) is 5.76 Å². The maximum Gasteiger partial charge on any atom is 0.374 e. The van der Waals surface area contributed by atoms with Crippen LogP contribution >= 0.6 is 11.6 Å². The number of hydrogen-bond donors (Lipinski definition) is 1. The van der Waals surface area contributed by atoms with Crippen LogP contribution in [0.3, 0.4) is 0 Å². The Morgan fingerprint density at radius 1 is 1.48 bits per heavy atom. The zero-order chi connectivity index (χ0) is 16.6. The predicted molar refractivity (Wildman–Crippen MR) is 85.6 cm³/mol. The highest BCUT2D eigenvalue weighted by Crippen LogP contribution is 2.28. The summed E-state index contributed by atoms with van der Waals surface area (Å²) in [7, 11) is 0. The van der Waals surface area contributed by atoms with Crippen LogP contribution in [0, 0.1) is 6.92 Å². The molecule has 0 radical (unpaired) electrons. The van der Waals surface area contributed by atoms with E-state index in [-0.39, 0.29) is 18.4 Å². The molecular formula is C16H17ClN2O4. The molecule has 3 rings (SSSR count). The summed E-state index contributed by atoms with van der Waals surface area (Å²) in [5.41, 5.74) is 6.58. The lowest BCUT2D eigenvalue weighted by Gasteiger charge is -2.21. The van der Waals surface area contributed by atoms with E-state index in [0.717, 1.165) is 18.2 Å². The van der Waals surface area contributed by atoms with Crippen LogP contribution in [0.4, 0.5) is 4.79 Å². The van der Waals surface area contributed by atoms with E-state index in [2.05, 4.69) is 0 Å². The molecule has 1 aliphatic rings. The van der Waals surface area contributed by atoms with E-state index in [9.17, 15) is 9.59 Å². The fourth-order valence-corrected chi connectivity index (χ4v) is 3.10. The maximum atomic E-state index is 12.3. The van der Waals surface area contributed by atoms with E-state index in [1.165, 1.54) is 4.90 Å². The standard InChI is InChI=1S/C16H17ClN2O4/c1-9-12-7-10(17)4-5-13(12)23-14(9)15(20)22-8-11-3-2-6-19(11)16(18)21/h4-5,7,11H,2-3,6,8H2,1H3,(H2,18,21). The third-order valence-corrected chi connectivity index (χ3v) is 4.39. The third kappa shape index (κ3) is 2.99. The quantitative estimate of drug-likeness (QED) is 0.873. The molecule has 0 saturated carbocycles. The van der Waals surface area contributed by atoms with Gasteiger partial charge in [-0.05, 0) is 38.0 Å². The molecule has 0 aliphatic carbocycles. The van der Waals surface area contributed by atoms with Crippen LogP contribution in [-0.4, -0.2) is 36.1 Å². The summed E-state index contributed by atoms with van der Waals surface area (Å²) in [6.07, 6.45) is 1.62. The minimum Gasteiger partial charge on any atom is -0.458 e. The van der Waals surface area contributed by atoms with Crippen molar-refractivity contribution in [2.45, 2.75) is 25.8 Å². The molecule has 1 aromatic carbocycles. The van der Waals surface area contributed by atoms with Crippen LogP contribution in [0.5, 0.6) is 0 Å². The van der Waals surface area contributed by atoms with Gasteiger partial charge in [0, 0.05) is 22.5 Å². The first-order chi connectivity index (χ1) is 11.0. The number of urea groups is 1. The van der Waals surface area contributed by atoms with E-state index in [1.807, 2.05) is 0 Å². The largest absolute Gasteiger partial charge is 0.458 e. The molecule has 1 aliphatic heterocycles. The first-order valence-electron chi connectivity index (χ1n) is 7.39. The van der Waals surface area contributed by atoms with Gasteiger partial charge in [-0.25, -0.2) is 9.59 Å². The monoisotopic (exact) mass is 336 g/mol. The normalized spacial score (nSPS) is 17.7. The number of hydrogen-bond acceptors (Lipinski definition) is 4. The van der Waals surface area contributed by atoms with Crippen molar-refractivity contribution in [3.8, 4) is 0 Å². The zero-order valence-electron chi connectivity index (χ0n) is 12.7. The lowest BCUT2D eigenvalue weighted by Crippen LogP contribution is -2.41. The van der Waals surface area contributed by atoms with Gasteiger partial charge in [0.1, 0.15) is 12.2 Å². The zero-order valence-corrected chi connectivity index (χ0v) is 13.4. The maximum absolute atomic E-state index is 12.3. The van der Waals surface area contributed by atoms with Gasteiger partial charge in [-0.15, -0.1) is 0 Å². The number of ether oxygens (including phenoxy) is 1. The van der Waals surface area contributed by atoms with Crippen molar-refractivity contribution in [2.24, 2.45) is 5.73 Å². The van der Waals surface area contributed by atoms with E-state index in [4.69, 9.17) is 26.5 Å². The highest BCUT2D eigenvalue weighted by molar-refractivity contribution is 6.31. The molecule has 2 amide bonds. The van der Waals surface area contributed by atoms with Crippen molar-refractivity contribution in [1.82, 2.24) is 4.90 Å². The van der Waals surface area contributed by atoms with Crippen LogP contribution in [-0.2, 0) is 4.74 Å². The van der Waals surface area contributed by atoms with Crippen LogP contribution in [0.25, 0.3) is 11.0 Å². The molecule has 1 saturated heterocycles. The summed E-state index contributed by atoms with van der Waals surface area (Å²) in [5, 5.41) is 1.36. The second-order valence-electron chi connectivity index (χ2n) is 5.62. The molecule has 1 fully saturated rings. The Morgan fingerprint density at radius 3 is 3.00 bits per heavy atom. The summed E-state index contributed by atoms with van der Waals surface area (Å²) in [6.45, 7) is 2.49. The Labute approximate surface area is 138 Å². The Balaban J connectivity index is 1.74. The number of furan rings is 1. The lowest BCUT2D eigenvalue weighted by atomic mass is 10.1. The van der Waals surface area contributed by atoms with Gasteiger partial charge in [-0.1, -0.05) is 11.6 Å². The SMILES string of the molecule is Cc1c(C(=O)OCC2CCCN2C(N)=O)oc2ccc(Cl)cc12. The number of carbonyl (C=O) groups is 2. The van der Waals surface area contributed by atoms with Gasteiger partial charge < -0.3 is 19.8 Å². The molecule has 2 aromatic rings. The second kappa shape index (κ2) is 6.12. The van der Waals surface area contributed by atoms with Crippen molar-refractivity contribution in [1.29, 1.82) is 0 Å². The Morgan fingerprint density at radius 2 is 2.26 bits per heavy atom. The van der Waals surface area contributed by atoms with Crippen LogP contribution in [0.2, 0.25) is 5.02 Å². The molecule has 1 aromatic heterocycles. The smallest absolute Gasteiger partial charge is 0.374 e. The van der Waals surface area contributed by atoms with E-state index in [1.54, 1.807) is 25.1 Å². The molecule has 7 heteroatoms. The third-order valence-electron chi connectivity index (χ3n) is 4.15. The number of benzene rings is 1. The van der Waals surface area contributed by atoms with Gasteiger partial charge >= 0.3 is 12.0 Å². The molecule has 1 unspecified atom stereocenters. The topological polar surface area (TPSA) is 85.8 Å². The number of nitrogens with two attached hydrogens (primary N) is 1. The number of rotatable bonds is 3. The number of esters is 1. The molecule has 0 bridgehead atoms. The Hall–Kier alpha value is -2.21. The minimum atomic E-state index is -0.550. The van der Waals surface area contributed by atoms with Gasteiger partial charge in [0.25, 0.3) is 0 Å². The Bertz CT molecular complexity index is 771. The fraction of sp³-hybridized carbons (Fsp3) is 0.375. The molecule has 6 nitrogen and oxygen atoms in total. The fourth-order valence-electron chi connectivity index (χ4n) is 2.92. The number of fused-ring (bicyclic) bond motifs is 1. The van der Waals surface area contributed by atoms with Crippen molar-refractivity contribution in [3.63, 3.8) is 0 Å². The Kier molecular flexibility index (Phi) is 4.17. The van der Waals surface area contributed by atoms with Gasteiger partial charge in [0.05, 0.1) is 6.04 Å². The molecule has 122 valence electrons. The van der Waals surface area contributed by atoms with Gasteiger partial charge in [0.15, 0.2) is 0 Å². The molecule has 2 N–H and O–H groups in total. The first kappa shape index (κ1) is 15.7. The highest BCUT2D eigenvalue weighted by Gasteiger charge is 2.29. The number of likely N-dealkylation sites (tertiary alicyclic amines) is 1. The first-order valence-corrected chi connectivity index (χ1v) is 7.77. The number of nitrogens with zero attached hydrogens (tertiary/aromatic N) is 1. The van der Waals surface area contributed by atoms with Crippen molar-refractivity contribution in [3.05, 3.63) is 34.5 Å². The van der Waals surface area contributed by atoms with Crippen molar-refractivity contribution < 1.29 is 18.7 Å². The van der Waals surface area contributed by atoms with E-state index in [0.29, 0.717) is 22.7 Å². The molecule has 1 atom stereocenters. The summed E-state index contributed by atoms with van der Waals surface area (Å²) in [6, 6.07) is 4.50. The van der Waals surface area contributed by atoms with E-state index >= 15 is 0 Å². The van der Waals surface area contributed by atoms with Crippen LogP contribution < -0.4 is 5.73 Å². The van der Waals surface area contributed by atoms with Gasteiger partial charge in [-0.2, -0.15) is 0 Å².